The summed E-state index contributed by atoms with van der Waals surface area (Å²) < 4.78 is 16.3. The molecule has 0 radical (unpaired) electrons. The third-order valence-electron chi connectivity index (χ3n) is 3.59. The van der Waals surface area contributed by atoms with Crippen molar-refractivity contribution in [1.82, 2.24) is 4.90 Å². The number of likely N-dealkylation sites (tertiary alicyclic amines) is 1. The number of hydrogen-bond donors (Lipinski definition) is 0. The maximum atomic E-state index is 5.43. The van der Waals surface area contributed by atoms with Crippen LogP contribution in [0.25, 0.3) is 0 Å². The van der Waals surface area contributed by atoms with Crippen LogP contribution in [-0.4, -0.2) is 54.7 Å². The molecule has 0 spiro atoms. The first-order valence-corrected chi connectivity index (χ1v) is 8.57. The number of hydrogen-bond acceptors (Lipinski definition) is 4. The fourth-order valence-corrected chi connectivity index (χ4v) is 4.14. The monoisotopic (exact) mass is 261 g/mol. The Morgan fingerprint density at radius 2 is 1.41 bits per heavy atom. The van der Waals surface area contributed by atoms with Crippen LogP contribution < -0.4 is 0 Å². The highest BCUT2D eigenvalue weighted by atomic mass is 28.4. The van der Waals surface area contributed by atoms with Crippen molar-refractivity contribution in [3.05, 3.63) is 0 Å². The van der Waals surface area contributed by atoms with E-state index in [1.807, 2.05) is 0 Å². The molecule has 102 valence electrons. The predicted molar refractivity (Wildman–Crippen MR) is 71.1 cm³/mol. The van der Waals surface area contributed by atoms with Crippen molar-refractivity contribution in [3.8, 4) is 0 Å². The molecule has 1 rings (SSSR count). The number of nitrogens with zero attached hydrogens (tertiary/aromatic N) is 1. The summed E-state index contributed by atoms with van der Waals surface area (Å²) >= 11 is 0. The molecule has 5 heteroatoms. The van der Waals surface area contributed by atoms with E-state index in [2.05, 4.69) is 4.90 Å². The lowest BCUT2D eigenvalue weighted by Gasteiger charge is -2.26. The van der Waals surface area contributed by atoms with E-state index in [9.17, 15) is 0 Å². The third-order valence-corrected chi connectivity index (χ3v) is 6.42. The molecule has 0 bridgehead atoms. The summed E-state index contributed by atoms with van der Waals surface area (Å²) in [5.41, 5.74) is 0. The van der Waals surface area contributed by atoms with Crippen molar-refractivity contribution >= 4 is 8.80 Å². The molecule has 0 aliphatic carbocycles. The predicted octanol–water partition coefficient (Wildman–Crippen LogP) is 2.13. The van der Waals surface area contributed by atoms with E-state index in [0.717, 1.165) is 19.0 Å². The Hall–Kier alpha value is 0.0569. The average Bonchev–Trinajstić information content (AvgIpc) is 2.64. The fraction of sp³-hybridized carbons (Fsp3) is 1.00. The molecule has 4 nitrogen and oxygen atoms in total. The van der Waals surface area contributed by atoms with Gasteiger partial charge in [0, 0.05) is 27.4 Å². The van der Waals surface area contributed by atoms with Crippen molar-refractivity contribution in [1.29, 1.82) is 0 Å². The van der Waals surface area contributed by atoms with E-state index in [-0.39, 0.29) is 0 Å². The molecule has 1 aliphatic heterocycles. The van der Waals surface area contributed by atoms with Gasteiger partial charge in [0.25, 0.3) is 0 Å². The first-order valence-electron chi connectivity index (χ1n) is 6.64. The molecule has 0 saturated carbocycles. The molecular weight excluding hydrogens is 234 g/mol. The Morgan fingerprint density at radius 1 is 0.882 bits per heavy atom. The highest BCUT2D eigenvalue weighted by Crippen LogP contribution is 2.16. The van der Waals surface area contributed by atoms with Crippen LogP contribution in [0.1, 0.15) is 32.1 Å². The first kappa shape index (κ1) is 15.1. The molecule has 0 aromatic heterocycles. The normalized spacial score (nSPS) is 19.2. The Kier molecular flexibility index (Phi) is 7.30. The molecule has 0 aromatic rings. The van der Waals surface area contributed by atoms with Crippen LogP contribution in [0.5, 0.6) is 0 Å². The molecule has 1 heterocycles. The van der Waals surface area contributed by atoms with Gasteiger partial charge in [-0.3, -0.25) is 0 Å². The minimum atomic E-state index is -2.34. The topological polar surface area (TPSA) is 30.9 Å². The van der Waals surface area contributed by atoms with E-state index in [1.54, 1.807) is 21.3 Å². The van der Waals surface area contributed by atoms with Gasteiger partial charge in [-0.25, -0.2) is 0 Å². The Labute approximate surface area is 107 Å². The van der Waals surface area contributed by atoms with Gasteiger partial charge in [-0.1, -0.05) is 12.8 Å². The first-order chi connectivity index (χ1) is 8.26. The van der Waals surface area contributed by atoms with Gasteiger partial charge in [-0.2, -0.15) is 0 Å². The zero-order valence-corrected chi connectivity index (χ0v) is 12.5. The maximum Gasteiger partial charge on any atom is 0.500 e. The van der Waals surface area contributed by atoms with Gasteiger partial charge in [0.1, 0.15) is 0 Å². The second-order valence-corrected chi connectivity index (χ2v) is 7.75. The zero-order chi connectivity index (χ0) is 12.6. The van der Waals surface area contributed by atoms with Crippen molar-refractivity contribution in [2.24, 2.45) is 0 Å². The van der Waals surface area contributed by atoms with Gasteiger partial charge in [0.15, 0.2) is 0 Å². The smallest absolute Gasteiger partial charge is 0.377 e. The van der Waals surface area contributed by atoms with Gasteiger partial charge in [-0.05, 0) is 38.9 Å². The molecule has 0 N–H and O–H groups in total. The third kappa shape index (κ3) is 5.05. The average molecular weight is 261 g/mol. The van der Waals surface area contributed by atoms with Crippen LogP contribution in [0, 0.1) is 0 Å². The lowest BCUT2D eigenvalue weighted by Crippen LogP contribution is -2.43. The molecule has 1 saturated heterocycles. The summed E-state index contributed by atoms with van der Waals surface area (Å²) in [6.07, 6.45) is 6.58. The van der Waals surface area contributed by atoms with Gasteiger partial charge >= 0.3 is 8.80 Å². The lowest BCUT2D eigenvalue weighted by molar-refractivity contribution is 0.121. The zero-order valence-electron chi connectivity index (χ0n) is 11.5. The SMILES string of the molecule is CO[Si](CCCN1CCCCCC1)(OC)OC. The fourth-order valence-electron chi connectivity index (χ4n) is 2.44. The van der Waals surface area contributed by atoms with Crippen molar-refractivity contribution in [2.75, 3.05) is 41.0 Å². The minimum Gasteiger partial charge on any atom is -0.377 e. The van der Waals surface area contributed by atoms with Crippen LogP contribution in [0.3, 0.4) is 0 Å². The van der Waals surface area contributed by atoms with Crippen molar-refractivity contribution in [2.45, 2.75) is 38.1 Å². The largest absolute Gasteiger partial charge is 0.500 e. The summed E-state index contributed by atoms with van der Waals surface area (Å²) in [7, 11) is 2.72. The van der Waals surface area contributed by atoms with Crippen LogP contribution in [-0.2, 0) is 13.3 Å². The van der Waals surface area contributed by atoms with Gasteiger partial charge in [0.05, 0.1) is 0 Å². The van der Waals surface area contributed by atoms with Crippen LogP contribution in [0.15, 0.2) is 0 Å². The summed E-state index contributed by atoms with van der Waals surface area (Å²) in [5.74, 6) is 0. The lowest BCUT2D eigenvalue weighted by atomic mass is 10.2. The molecule has 1 fully saturated rings. The van der Waals surface area contributed by atoms with Gasteiger partial charge in [-0.15, -0.1) is 0 Å². The molecule has 1 aliphatic rings. The summed E-state index contributed by atoms with van der Waals surface area (Å²) in [5, 5.41) is 0. The van der Waals surface area contributed by atoms with E-state index in [1.165, 1.54) is 38.8 Å². The Balaban J connectivity index is 2.25. The van der Waals surface area contributed by atoms with E-state index >= 15 is 0 Å². The summed E-state index contributed by atoms with van der Waals surface area (Å²) in [6, 6.07) is 0.910. The molecular formula is C12H27NO3Si. The molecule has 0 atom stereocenters. The van der Waals surface area contributed by atoms with E-state index < -0.39 is 8.80 Å². The van der Waals surface area contributed by atoms with Gasteiger partial charge in [0.2, 0.25) is 0 Å². The summed E-state index contributed by atoms with van der Waals surface area (Å²) in [4.78, 5) is 2.56. The van der Waals surface area contributed by atoms with Crippen LogP contribution >= 0.6 is 0 Å². The molecule has 17 heavy (non-hydrogen) atoms. The number of rotatable bonds is 7. The van der Waals surface area contributed by atoms with Crippen LogP contribution in [0.4, 0.5) is 0 Å². The van der Waals surface area contributed by atoms with E-state index in [4.69, 9.17) is 13.3 Å². The van der Waals surface area contributed by atoms with Crippen molar-refractivity contribution < 1.29 is 13.3 Å². The highest BCUT2D eigenvalue weighted by Gasteiger charge is 2.36. The molecule has 0 unspecified atom stereocenters. The molecule has 0 aromatic carbocycles. The quantitative estimate of drug-likeness (QED) is 0.657. The summed E-state index contributed by atoms with van der Waals surface area (Å²) in [6.45, 7) is 3.65. The second-order valence-electron chi connectivity index (χ2n) is 4.65. The molecule has 0 amide bonds. The van der Waals surface area contributed by atoms with E-state index in [0.29, 0.717) is 0 Å². The standard InChI is InChI=1S/C12H27NO3Si/c1-14-17(15-2,16-3)12-8-11-13-9-6-4-5-7-10-13/h4-12H2,1-3H3. The van der Waals surface area contributed by atoms with Crippen LogP contribution in [0.2, 0.25) is 6.04 Å². The Bertz CT molecular complexity index is 184. The van der Waals surface area contributed by atoms with Gasteiger partial charge < -0.3 is 18.2 Å². The highest BCUT2D eigenvalue weighted by molar-refractivity contribution is 6.60. The maximum absolute atomic E-state index is 5.43. The van der Waals surface area contributed by atoms with Crippen molar-refractivity contribution in [3.63, 3.8) is 0 Å². The second kappa shape index (κ2) is 8.21. The minimum absolute atomic E-state index is 0.910. The Morgan fingerprint density at radius 3 is 1.88 bits per heavy atom.